The lowest BCUT2D eigenvalue weighted by molar-refractivity contribution is -0.0272. The number of halogens is 1. The number of ether oxygens (including phenoxy) is 2. The molecule has 9 heteroatoms. The minimum absolute atomic E-state index is 0.139. The zero-order chi connectivity index (χ0) is 28.5. The van der Waals surface area contributed by atoms with E-state index in [4.69, 9.17) is 9.47 Å². The Kier molecular flexibility index (Phi) is 7.61. The number of carbonyl (C=O) groups is 1. The second-order valence-electron chi connectivity index (χ2n) is 11.7. The third-order valence-electron chi connectivity index (χ3n) is 7.42. The molecule has 0 aliphatic carbocycles. The SMILES string of the molecule is CC(C)(C)OC(=O)N1CCC2(CCc3cc(-c4ccc(CS(=O)(=O)Cc5ccccn5)c(F)c4)ccc3O2)CC1. The van der Waals surface area contributed by atoms with Crippen LogP contribution in [-0.4, -0.2) is 48.7 Å². The van der Waals surface area contributed by atoms with E-state index in [1.54, 1.807) is 41.4 Å². The quantitative estimate of drug-likeness (QED) is 0.371. The molecule has 3 heterocycles. The molecular weight excluding hydrogens is 531 g/mol. The maximum atomic E-state index is 15.0. The monoisotopic (exact) mass is 566 g/mol. The second-order valence-corrected chi connectivity index (χ2v) is 13.8. The van der Waals surface area contributed by atoms with Crippen LogP contribution in [0.4, 0.5) is 9.18 Å². The van der Waals surface area contributed by atoms with E-state index in [0.29, 0.717) is 24.3 Å². The number of hydrogen-bond donors (Lipinski definition) is 0. The van der Waals surface area contributed by atoms with Crippen molar-refractivity contribution in [1.29, 1.82) is 0 Å². The summed E-state index contributed by atoms with van der Waals surface area (Å²) in [6, 6.07) is 15.6. The van der Waals surface area contributed by atoms with Gasteiger partial charge in [0.25, 0.3) is 0 Å². The van der Waals surface area contributed by atoms with Gasteiger partial charge in [0.15, 0.2) is 9.84 Å². The van der Waals surface area contributed by atoms with E-state index >= 15 is 4.39 Å². The minimum atomic E-state index is -3.58. The summed E-state index contributed by atoms with van der Waals surface area (Å²) in [6.45, 7) is 6.77. The van der Waals surface area contributed by atoms with Crippen molar-refractivity contribution < 1.29 is 27.1 Å². The molecule has 7 nitrogen and oxygen atoms in total. The number of nitrogens with zero attached hydrogens (tertiary/aromatic N) is 2. The Morgan fingerprint density at radius 3 is 2.42 bits per heavy atom. The summed E-state index contributed by atoms with van der Waals surface area (Å²) in [5.74, 6) is -0.355. The zero-order valence-electron chi connectivity index (χ0n) is 23.2. The van der Waals surface area contributed by atoms with Crippen molar-refractivity contribution in [3.05, 3.63) is 83.4 Å². The van der Waals surface area contributed by atoms with Crippen LogP contribution < -0.4 is 4.74 Å². The molecule has 1 fully saturated rings. The predicted molar refractivity (Wildman–Crippen MR) is 151 cm³/mol. The molecule has 1 aromatic heterocycles. The molecule has 3 aromatic rings. The van der Waals surface area contributed by atoms with Gasteiger partial charge in [0.05, 0.1) is 17.2 Å². The van der Waals surface area contributed by atoms with Crippen LogP contribution in [0.2, 0.25) is 0 Å². The number of benzene rings is 2. The van der Waals surface area contributed by atoms with E-state index in [1.165, 1.54) is 6.07 Å². The van der Waals surface area contributed by atoms with Gasteiger partial charge in [0, 0.05) is 37.7 Å². The molecule has 0 radical (unpaired) electrons. The Labute approximate surface area is 235 Å². The molecule has 1 saturated heterocycles. The molecule has 0 atom stereocenters. The molecule has 5 rings (SSSR count). The van der Waals surface area contributed by atoms with E-state index in [9.17, 15) is 13.2 Å². The standard InChI is InChI=1S/C31H35FN2O5S/c1-30(2,3)39-29(35)34-16-13-31(14-17-34)12-11-24-18-22(9-10-28(24)38-31)23-7-8-25(27(32)19-23)20-40(36,37)21-26-6-4-5-15-33-26/h4-10,15,18-19H,11-14,16-17,20-21H2,1-3H3. The fourth-order valence-corrected chi connectivity index (χ4v) is 6.75. The largest absolute Gasteiger partial charge is 0.487 e. The summed E-state index contributed by atoms with van der Waals surface area (Å²) in [4.78, 5) is 18.3. The maximum Gasteiger partial charge on any atom is 0.410 e. The summed E-state index contributed by atoms with van der Waals surface area (Å²) >= 11 is 0. The van der Waals surface area contributed by atoms with Gasteiger partial charge in [-0.25, -0.2) is 17.6 Å². The normalized spacial score (nSPS) is 16.8. The van der Waals surface area contributed by atoms with E-state index in [2.05, 4.69) is 4.98 Å². The number of carbonyl (C=O) groups excluding carboxylic acids is 1. The average Bonchev–Trinajstić information content (AvgIpc) is 2.89. The van der Waals surface area contributed by atoms with Crippen LogP contribution in [0.5, 0.6) is 5.75 Å². The summed E-state index contributed by atoms with van der Waals surface area (Å²) in [6.07, 6.45) is 4.40. The smallest absolute Gasteiger partial charge is 0.410 e. The van der Waals surface area contributed by atoms with Gasteiger partial charge < -0.3 is 14.4 Å². The third kappa shape index (κ3) is 6.63. The lowest BCUT2D eigenvalue weighted by atomic mass is 9.82. The maximum absolute atomic E-state index is 15.0. The van der Waals surface area contributed by atoms with Gasteiger partial charge in [-0.15, -0.1) is 0 Å². The van der Waals surface area contributed by atoms with Gasteiger partial charge >= 0.3 is 6.09 Å². The molecule has 1 amide bonds. The number of rotatable bonds is 5. The van der Waals surface area contributed by atoms with Crippen LogP contribution in [0.3, 0.4) is 0 Å². The van der Waals surface area contributed by atoms with Gasteiger partial charge in [-0.3, -0.25) is 4.98 Å². The van der Waals surface area contributed by atoms with Crippen LogP contribution in [-0.2, 0) is 32.5 Å². The summed E-state index contributed by atoms with van der Waals surface area (Å²) in [5, 5.41) is 0. The Bertz CT molecular complexity index is 1490. The topological polar surface area (TPSA) is 85.8 Å². The zero-order valence-corrected chi connectivity index (χ0v) is 24.0. The first-order chi connectivity index (χ1) is 18.9. The van der Waals surface area contributed by atoms with Gasteiger partial charge in [-0.2, -0.15) is 0 Å². The number of pyridine rings is 1. The average molecular weight is 567 g/mol. The minimum Gasteiger partial charge on any atom is -0.487 e. The van der Waals surface area contributed by atoms with Gasteiger partial charge in [-0.1, -0.05) is 24.3 Å². The van der Waals surface area contributed by atoms with Gasteiger partial charge in [0.2, 0.25) is 0 Å². The Morgan fingerprint density at radius 2 is 1.75 bits per heavy atom. The highest BCUT2D eigenvalue weighted by atomic mass is 32.2. The van der Waals surface area contributed by atoms with Crippen molar-refractivity contribution >= 4 is 15.9 Å². The molecule has 0 bridgehead atoms. The second kappa shape index (κ2) is 10.8. The molecule has 1 spiro atoms. The van der Waals surface area contributed by atoms with Crippen molar-refractivity contribution in [2.45, 2.75) is 69.2 Å². The number of aromatic nitrogens is 1. The van der Waals surface area contributed by atoms with E-state index in [-0.39, 0.29) is 28.8 Å². The lowest BCUT2D eigenvalue weighted by Crippen LogP contribution is -2.52. The number of amides is 1. The van der Waals surface area contributed by atoms with Crippen molar-refractivity contribution in [1.82, 2.24) is 9.88 Å². The molecule has 40 heavy (non-hydrogen) atoms. The molecular formula is C31H35FN2O5S. The number of likely N-dealkylation sites (tertiary alicyclic amines) is 1. The first-order valence-corrected chi connectivity index (χ1v) is 15.4. The van der Waals surface area contributed by atoms with Crippen molar-refractivity contribution in [3.63, 3.8) is 0 Å². The number of sulfone groups is 1. The number of piperidine rings is 1. The number of fused-ring (bicyclic) bond motifs is 1. The summed E-state index contributed by atoms with van der Waals surface area (Å²) in [5.41, 5.74) is 2.33. The first-order valence-electron chi connectivity index (χ1n) is 13.6. The third-order valence-corrected chi connectivity index (χ3v) is 8.91. The molecule has 2 aliphatic rings. The fourth-order valence-electron chi connectivity index (χ4n) is 5.32. The summed E-state index contributed by atoms with van der Waals surface area (Å²) < 4.78 is 52.3. The van der Waals surface area contributed by atoms with Gasteiger partial charge in [0.1, 0.15) is 22.8 Å². The van der Waals surface area contributed by atoms with Crippen molar-refractivity contribution in [2.75, 3.05) is 13.1 Å². The van der Waals surface area contributed by atoms with E-state index < -0.39 is 21.3 Å². The van der Waals surface area contributed by atoms with Crippen LogP contribution in [0.1, 0.15) is 56.9 Å². The molecule has 0 saturated carbocycles. The number of hydrogen-bond acceptors (Lipinski definition) is 6. The van der Waals surface area contributed by atoms with Crippen LogP contribution in [0.25, 0.3) is 11.1 Å². The van der Waals surface area contributed by atoms with Crippen LogP contribution >= 0.6 is 0 Å². The van der Waals surface area contributed by atoms with Crippen LogP contribution in [0.15, 0.2) is 60.8 Å². The Morgan fingerprint density at radius 1 is 1.02 bits per heavy atom. The Hall–Kier alpha value is -3.46. The lowest BCUT2D eigenvalue weighted by Gasteiger charge is -2.44. The predicted octanol–water partition coefficient (Wildman–Crippen LogP) is 6.10. The van der Waals surface area contributed by atoms with Crippen molar-refractivity contribution in [2.24, 2.45) is 0 Å². The highest BCUT2D eigenvalue weighted by Gasteiger charge is 2.41. The molecule has 0 N–H and O–H groups in total. The van der Waals surface area contributed by atoms with E-state index in [1.807, 2.05) is 39.0 Å². The number of aryl methyl sites for hydroxylation is 1. The first kappa shape index (κ1) is 28.1. The molecule has 0 unspecified atom stereocenters. The molecule has 212 valence electrons. The fraction of sp³-hybridized carbons (Fsp3) is 0.419. The molecule has 2 aromatic carbocycles. The van der Waals surface area contributed by atoms with E-state index in [0.717, 1.165) is 42.6 Å². The van der Waals surface area contributed by atoms with Crippen LogP contribution in [0, 0.1) is 5.82 Å². The Balaban J connectivity index is 1.24. The summed E-state index contributed by atoms with van der Waals surface area (Å²) in [7, 11) is -3.58. The van der Waals surface area contributed by atoms with Crippen molar-refractivity contribution in [3.8, 4) is 16.9 Å². The molecule has 2 aliphatic heterocycles. The van der Waals surface area contributed by atoms with Gasteiger partial charge in [-0.05, 0) is 80.6 Å². The highest BCUT2D eigenvalue weighted by molar-refractivity contribution is 7.89. The highest BCUT2D eigenvalue weighted by Crippen LogP contribution is 2.41.